The molecule has 13 heteroatoms. The van der Waals surface area contributed by atoms with Gasteiger partial charge in [0.25, 0.3) is 11.8 Å². The lowest BCUT2D eigenvalue weighted by Gasteiger charge is -2.50. The molecular weight excluding hydrogens is 791 g/mol. The number of fused-ring (bicyclic) bond motifs is 5. The van der Waals surface area contributed by atoms with Crippen molar-refractivity contribution in [3.8, 4) is 23.0 Å². The number of imide groups is 2. The molecule has 3 fully saturated rings. The number of para-hydroxylation sites is 3. The summed E-state index contributed by atoms with van der Waals surface area (Å²) in [4.78, 5) is 65.4. The number of carbonyl (C=O) groups is 4. The maximum atomic E-state index is 15.4. The number of aromatic nitrogens is 1. The highest BCUT2D eigenvalue weighted by molar-refractivity contribution is 6.36. The molecule has 2 saturated heterocycles. The maximum absolute atomic E-state index is 15.4. The summed E-state index contributed by atoms with van der Waals surface area (Å²) in [5.74, 6) is -5.09. The van der Waals surface area contributed by atoms with E-state index in [0.29, 0.717) is 55.7 Å². The van der Waals surface area contributed by atoms with Gasteiger partial charge in [-0.05, 0) is 97.1 Å². The molecule has 59 heavy (non-hydrogen) atoms. The van der Waals surface area contributed by atoms with Crippen LogP contribution in [0.3, 0.4) is 0 Å². The molecule has 10 rings (SSSR count). The molecule has 4 amide bonds. The minimum absolute atomic E-state index is 0.0732. The van der Waals surface area contributed by atoms with Gasteiger partial charge in [-0.15, -0.1) is 0 Å². The predicted octanol–water partition coefficient (Wildman–Crippen LogP) is 8.71. The molecule has 294 valence electrons. The van der Waals surface area contributed by atoms with Gasteiger partial charge in [-0.1, -0.05) is 77.3 Å². The molecule has 6 aromatic rings. The Hall–Kier alpha value is -6.43. The average molecular weight is 826 g/mol. The molecule has 5 aromatic carbocycles. The van der Waals surface area contributed by atoms with Crippen molar-refractivity contribution in [2.75, 3.05) is 17.4 Å². The van der Waals surface area contributed by atoms with Crippen molar-refractivity contribution >= 4 is 69.3 Å². The number of aromatic hydroxyl groups is 1. The van der Waals surface area contributed by atoms with E-state index in [4.69, 9.17) is 32.4 Å². The number of hydrogen-bond acceptors (Lipinski definition) is 9. The Bertz CT molecular complexity index is 2740. The molecule has 2 N–H and O–H groups in total. The number of nitrogens with zero attached hydrogens (tertiary/aromatic N) is 3. The molecule has 0 unspecified atom stereocenters. The van der Waals surface area contributed by atoms with Gasteiger partial charge in [0.15, 0.2) is 5.58 Å². The van der Waals surface area contributed by atoms with Crippen LogP contribution in [0.1, 0.15) is 29.9 Å². The van der Waals surface area contributed by atoms with Crippen LogP contribution in [0.15, 0.2) is 131 Å². The van der Waals surface area contributed by atoms with E-state index < -0.39 is 52.7 Å². The molecule has 1 aromatic heterocycles. The number of methoxy groups -OCH3 is 1. The lowest BCUT2D eigenvalue weighted by atomic mass is 9.49. The van der Waals surface area contributed by atoms with Crippen LogP contribution in [-0.2, 0) is 24.6 Å². The Morgan fingerprint density at radius 1 is 0.847 bits per heavy atom. The van der Waals surface area contributed by atoms with Crippen molar-refractivity contribution in [2.24, 2.45) is 23.7 Å². The van der Waals surface area contributed by atoms with E-state index in [2.05, 4.69) is 10.4 Å². The number of rotatable bonds is 7. The molecular formula is C46H34Cl2N4O7. The van der Waals surface area contributed by atoms with Gasteiger partial charge in [-0.25, -0.2) is 4.98 Å². The van der Waals surface area contributed by atoms with Crippen LogP contribution in [0.4, 0.5) is 11.4 Å². The van der Waals surface area contributed by atoms with E-state index in [1.54, 1.807) is 84.9 Å². The third kappa shape index (κ3) is 5.52. The van der Waals surface area contributed by atoms with Crippen molar-refractivity contribution in [2.45, 2.75) is 24.2 Å². The number of hydrazine groups is 1. The zero-order chi connectivity index (χ0) is 40.7. The fourth-order valence-electron chi connectivity index (χ4n) is 9.92. The number of anilines is 2. The molecule has 11 nitrogen and oxygen atoms in total. The summed E-state index contributed by atoms with van der Waals surface area (Å²) in [7, 11) is 1.54. The van der Waals surface area contributed by atoms with Crippen molar-refractivity contribution in [1.29, 1.82) is 0 Å². The highest BCUT2D eigenvalue weighted by atomic mass is 35.5. The first kappa shape index (κ1) is 36.9. The van der Waals surface area contributed by atoms with E-state index in [1.807, 2.05) is 30.3 Å². The van der Waals surface area contributed by atoms with Gasteiger partial charge in [0.1, 0.15) is 17.0 Å². The van der Waals surface area contributed by atoms with Crippen LogP contribution >= 0.6 is 23.2 Å². The molecule has 0 bridgehead atoms. The lowest BCUT2D eigenvalue weighted by Crippen LogP contribution is -2.53. The summed E-state index contributed by atoms with van der Waals surface area (Å²) in [6.07, 6.45) is 2.24. The van der Waals surface area contributed by atoms with E-state index >= 15 is 4.79 Å². The first-order valence-electron chi connectivity index (χ1n) is 19.2. The molecule has 6 atom stereocenters. The van der Waals surface area contributed by atoms with Gasteiger partial charge in [-0.2, -0.15) is 5.01 Å². The Balaban J connectivity index is 1.08. The Morgan fingerprint density at radius 2 is 1.59 bits per heavy atom. The van der Waals surface area contributed by atoms with Gasteiger partial charge < -0.3 is 14.3 Å². The second kappa shape index (κ2) is 13.9. The molecule has 2 aliphatic heterocycles. The molecule has 1 saturated carbocycles. The van der Waals surface area contributed by atoms with E-state index in [9.17, 15) is 19.5 Å². The van der Waals surface area contributed by atoms with E-state index in [-0.39, 0.29) is 35.2 Å². The summed E-state index contributed by atoms with van der Waals surface area (Å²) < 4.78 is 11.4. The number of ether oxygens (including phenoxy) is 1. The van der Waals surface area contributed by atoms with Gasteiger partial charge in [0.05, 0.1) is 46.7 Å². The molecule has 3 heterocycles. The van der Waals surface area contributed by atoms with Crippen molar-refractivity contribution in [3.63, 3.8) is 0 Å². The lowest BCUT2D eigenvalue weighted by molar-refractivity contribution is -0.138. The largest absolute Gasteiger partial charge is 0.508 e. The number of amides is 4. The summed E-state index contributed by atoms with van der Waals surface area (Å²) in [6, 6.07) is 32.8. The highest BCUT2D eigenvalue weighted by Crippen LogP contribution is 2.65. The second-order valence-electron chi connectivity index (χ2n) is 15.3. The van der Waals surface area contributed by atoms with Gasteiger partial charge in [-0.3, -0.25) is 29.5 Å². The Labute approximate surface area is 347 Å². The highest BCUT2D eigenvalue weighted by Gasteiger charge is 2.70. The smallest absolute Gasteiger partial charge is 0.260 e. The fourth-order valence-corrected chi connectivity index (χ4v) is 10.4. The van der Waals surface area contributed by atoms with Crippen LogP contribution in [0.5, 0.6) is 11.5 Å². The average Bonchev–Trinajstić information content (AvgIpc) is 3.86. The quantitative estimate of drug-likeness (QED) is 0.119. The molecule has 2 aliphatic carbocycles. The van der Waals surface area contributed by atoms with E-state index in [0.717, 1.165) is 5.01 Å². The van der Waals surface area contributed by atoms with Crippen LogP contribution in [0.25, 0.3) is 22.6 Å². The van der Waals surface area contributed by atoms with Gasteiger partial charge in [0.2, 0.25) is 17.7 Å². The normalized spacial score (nSPS) is 24.9. The molecule has 0 spiro atoms. The number of hydrogen-bond donors (Lipinski definition) is 2. The minimum Gasteiger partial charge on any atom is -0.508 e. The molecule has 0 radical (unpaired) electrons. The first-order valence-corrected chi connectivity index (χ1v) is 19.9. The topological polar surface area (TPSA) is 142 Å². The number of phenolic OH excluding ortho intramolecular Hbond substituents is 1. The first-order chi connectivity index (χ1) is 28.6. The third-order valence-electron chi connectivity index (χ3n) is 12.5. The summed E-state index contributed by atoms with van der Waals surface area (Å²) in [6.45, 7) is 0. The maximum Gasteiger partial charge on any atom is 0.260 e. The SMILES string of the molecule is COc1ccc([C@@]23C(=O)N(Nc4ccc(Cl)cc4Cl)C(=O)[C@@H]2C[C@@H]2C(=CC[C@@H]4C(=O)N(c5ccc(-c6nc7ccccc7o6)cc5)C(=O)[C@@H]42)[C@@H]3c2ccccc2O)cc1. The summed E-state index contributed by atoms with van der Waals surface area (Å²) in [5, 5.41) is 13.2. The molecule has 4 aliphatic rings. The number of oxazole rings is 1. The number of nitrogens with one attached hydrogen (secondary N) is 1. The van der Waals surface area contributed by atoms with E-state index in [1.165, 1.54) is 18.1 Å². The second-order valence-corrected chi connectivity index (χ2v) is 16.2. The third-order valence-corrected chi connectivity index (χ3v) is 13.0. The van der Waals surface area contributed by atoms with Crippen LogP contribution in [0, 0.1) is 23.7 Å². The fraction of sp³-hybridized carbons (Fsp3) is 0.196. The number of phenols is 1. The number of halogens is 2. The Morgan fingerprint density at radius 3 is 2.32 bits per heavy atom. The van der Waals surface area contributed by atoms with Crippen LogP contribution < -0.4 is 15.1 Å². The number of benzene rings is 5. The number of allylic oxidation sites excluding steroid dienone is 2. The van der Waals surface area contributed by atoms with Gasteiger partial charge >= 0.3 is 0 Å². The Kier molecular flexibility index (Phi) is 8.66. The van der Waals surface area contributed by atoms with Crippen LogP contribution in [0.2, 0.25) is 10.0 Å². The number of carbonyl (C=O) groups excluding carboxylic acids is 4. The van der Waals surface area contributed by atoms with Crippen molar-refractivity contribution < 1.29 is 33.4 Å². The van der Waals surface area contributed by atoms with Crippen molar-refractivity contribution in [1.82, 2.24) is 9.99 Å². The predicted molar refractivity (Wildman–Crippen MR) is 221 cm³/mol. The van der Waals surface area contributed by atoms with Crippen molar-refractivity contribution in [3.05, 3.63) is 148 Å². The zero-order valence-corrected chi connectivity index (χ0v) is 32.9. The summed E-state index contributed by atoms with van der Waals surface area (Å²) >= 11 is 12.8. The summed E-state index contributed by atoms with van der Waals surface area (Å²) in [5.41, 5.74) is 5.76. The standard InChI is InChI=1S/C46H34Cl2N4O7/c1-58-28-17-12-25(13-18-28)46-33(43(55)52(45(46)57)50-35-21-14-26(47)22-34(35)48)23-32-29(40(46)30-6-2-4-8-37(30)53)19-20-31-39(32)44(56)51(42(31)54)27-15-10-24(11-16-27)41-49-36-7-3-5-9-38(36)59-41/h2-19,21-22,31-33,39-40,50,53H,20,23H2,1H3/t31-,32+,33-,39-,40+,46+/m0/s1. The van der Waals surface area contributed by atoms with Gasteiger partial charge in [0, 0.05) is 22.1 Å². The zero-order valence-electron chi connectivity index (χ0n) is 31.3. The minimum atomic E-state index is -1.60. The monoisotopic (exact) mass is 824 g/mol. The van der Waals surface area contributed by atoms with Crippen LogP contribution in [-0.4, -0.2) is 45.8 Å².